The second-order valence-corrected chi connectivity index (χ2v) is 8.41. The number of aryl methyl sites for hydroxylation is 1. The number of aromatic nitrogens is 4. The molecule has 2 N–H and O–H groups in total. The molecule has 0 atom stereocenters. The second-order valence-electron chi connectivity index (χ2n) is 7.04. The van der Waals surface area contributed by atoms with Crippen LogP contribution in [0.4, 0.5) is 0 Å². The van der Waals surface area contributed by atoms with Gasteiger partial charge in [-0.2, -0.15) is 5.10 Å². The fraction of sp³-hybridized carbons (Fsp3) is 0.182. The van der Waals surface area contributed by atoms with Crippen LogP contribution in [0.5, 0.6) is 0 Å². The Balaban J connectivity index is 1.52. The van der Waals surface area contributed by atoms with Crippen molar-refractivity contribution in [3.63, 3.8) is 0 Å². The summed E-state index contributed by atoms with van der Waals surface area (Å²) in [7, 11) is 0. The number of fused-ring (bicyclic) bond motifs is 1. The molecule has 0 aliphatic heterocycles. The lowest BCUT2D eigenvalue weighted by atomic mass is 10.1. The third kappa shape index (κ3) is 4.50. The van der Waals surface area contributed by atoms with Crippen LogP contribution in [0.3, 0.4) is 0 Å². The van der Waals surface area contributed by atoms with Gasteiger partial charge < -0.3 is 10.3 Å². The smallest absolute Gasteiger partial charge is 0.262 e. The average Bonchev–Trinajstić information content (AvgIpc) is 3.18. The number of carbonyl (C=O) groups is 1. The van der Waals surface area contributed by atoms with Crippen molar-refractivity contribution < 1.29 is 4.79 Å². The van der Waals surface area contributed by atoms with Gasteiger partial charge in [-0.05, 0) is 42.7 Å². The molecular weight excluding hydrogens is 434 g/mol. The van der Waals surface area contributed by atoms with Gasteiger partial charge in [-0.3, -0.25) is 9.59 Å². The minimum atomic E-state index is -0.291. The fourth-order valence-electron chi connectivity index (χ4n) is 3.13. The molecule has 0 spiro atoms. The number of rotatable bonds is 6. The number of nitrogens with one attached hydrogen (secondary N) is 2. The minimum absolute atomic E-state index is 0.108. The Bertz CT molecular complexity index is 1330. The fourth-order valence-corrected chi connectivity index (χ4v) is 4.02. The van der Waals surface area contributed by atoms with Gasteiger partial charge in [0, 0.05) is 11.6 Å². The molecule has 158 valence electrons. The molecule has 0 aliphatic rings. The van der Waals surface area contributed by atoms with Crippen LogP contribution in [0.15, 0.2) is 58.6 Å². The van der Waals surface area contributed by atoms with E-state index >= 15 is 0 Å². The van der Waals surface area contributed by atoms with E-state index in [4.69, 9.17) is 11.6 Å². The maximum absolute atomic E-state index is 12.5. The lowest BCUT2D eigenvalue weighted by Gasteiger charge is -2.09. The van der Waals surface area contributed by atoms with Gasteiger partial charge in [0.2, 0.25) is 5.91 Å². The van der Waals surface area contributed by atoms with Crippen molar-refractivity contribution >= 4 is 40.3 Å². The van der Waals surface area contributed by atoms with Crippen molar-refractivity contribution in [1.82, 2.24) is 25.1 Å². The molecule has 7 nitrogen and oxygen atoms in total. The van der Waals surface area contributed by atoms with Gasteiger partial charge in [0.1, 0.15) is 5.39 Å². The van der Waals surface area contributed by atoms with Crippen LogP contribution in [0.2, 0.25) is 5.02 Å². The zero-order chi connectivity index (χ0) is 22.0. The van der Waals surface area contributed by atoms with E-state index in [2.05, 4.69) is 20.4 Å². The first-order valence-corrected chi connectivity index (χ1v) is 11.0. The molecule has 2 heterocycles. The van der Waals surface area contributed by atoms with Crippen LogP contribution >= 0.6 is 23.4 Å². The highest BCUT2D eigenvalue weighted by molar-refractivity contribution is 7.99. The number of amides is 1. The summed E-state index contributed by atoms with van der Waals surface area (Å²) in [6.07, 6.45) is 1.51. The van der Waals surface area contributed by atoms with Gasteiger partial charge in [0.15, 0.2) is 10.8 Å². The SMILES string of the molecule is Cc1cccc(-n2ncc3c(=O)[nH]c(SCC(=O)NCc4ccccc4Cl)nc32)c1C. The predicted molar refractivity (Wildman–Crippen MR) is 123 cm³/mol. The van der Waals surface area contributed by atoms with Crippen molar-refractivity contribution in [2.45, 2.75) is 25.5 Å². The van der Waals surface area contributed by atoms with E-state index in [0.717, 1.165) is 34.1 Å². The number of aromatic amines is 1. The van der Waals surface area contributed by atoms with Gasteiger partial charge in [-0.25, -0.2) is 9.67 Å². The van der Waals surface area contributed by atoms with Gasteiger partial charge in [0.25, 0.3) is 5.56 Å². The summed E-state index contributed by atoms with van der Waals surface area (Å²) in [4.78, 5) is 32.0. The molecule has 0 bridgehead atoms. The Morgan fingerprint density at radius 3 is 2.81 bits per heavy atom. The van der Waals surface area contributed by atoms with E-state index in [1.165, 1.54) is 6.20 Å². The lowest BCUT2D eigenvalue weighted by molar-refractivity contribution is -0.118. The molecule has 0 radical (unpaired) electrons. The predicted octanol–water partition coefficient (Wildman–Crippen LogP) is 3.79. The van der Waals surface area contributed by atoms with E-state index in [0.29, 0.717) is 27.8 Å². The van der Waals surface area contributed by atoms with Crippen molar-refractivity contribution in [1.29, 1.82) is 0 Å². The third-order valence-corrected chi connectivity index (χ3v) is 6.24. The molecule has 4 rings (SSSR count). The van der Waals surface area contributed by atoms with Gasteiger partial charge >= 0.3 is 0 Å². The monoisotopic (exact) mass is 453 g/mol. The molecule has 31 heavy (non-hydrogen) atoms. The molecule has 2 aromatic heterocycles. The average molecular weight is 454 g/mol. The Hall–Kier alpha value is -3.10. The van der Waals surface area contributed by atoms with Crippen molar-refractivity contribution in [2.24, 2.45) is 0 Å². The first-order chi connectivity index (χ1) is 14.9. The molecular formula is C22H20ClN5O2S. The molecule has 0 saturated carbocycles. The van der Waals surface area contributed by atoms with Crippen molar-refractivity contribution in [3.8, 4) is 5.69 Å². The molecule has 9 heteroatoms. The molecule has 0 aliphatic carbocycles. The topological polar surface area (TPSA) is 92.7 Å². The van der Waals surface area contributed by atoms with Crippen LogP contribution in [-0.2, 0) is 11.3 Å². The highest BCUT2D eigenvalue weighted by atomic mass is 35.5. The van der Waals surface area contributed by atoms with Gasteiger partial charge in [-0.15, -0.1) is 0 Å². The standard InChI is InChI=1S/C22H20ClN5O2S/c1-13-6-5-9-18(14(13)2)28-20-16(11-25-28)21(30)27-22(26-20)31-12-19(29)24-10-15-7-3-4-8-17(15)23/h3-9,11H,10,12H2,1-2H3,(H,24,29)(H,26,27,30). The molecule has 0 unspecified atom stereocenters. The Morgan fingerprint density at radius 1 is 1.19 bits per heavy atom. The number of benzene rings is 2. The Morgan fingerprint density at radius 2 is 2.00 bits per heavy atom. The summed E-state index contributed by atoms with van der Waals surface area (Å²) in [5, 5.41) is 8.55. The van der Waals surface area contributed by atoms with Crippen LogP contribution in [-0.4, -0.2) is 31.4 Å². The molecule has 0 fully saturated rings. The molecule has 4 aromatic rings. The number of thioether (sulfide) groups is 1. The quantitative estimate of drug-likeness (QED) is 0.342. The second kappa shape index (κ2) is 8.95. The van der Waals surface area contributed by atoms with Gasteiger partial charge in [-0.1, -0.05) is 53.7 Å². The molecule has 0 saturated heterocycles. The summed E-state index contributed by atoms with van der Waals surface area (Å²) < 4.78 is 1.66. The van der Waals surface area contributed by atoms with Crippen LogP contribution < -0.4 is 10.9 Å². The molecule has 1 amide bonds. The Labute approximate surface area is 187 Å². The first-order valence-electron chi connectivity index (χ1n) is 9.61. The van der Waals surface area contributed by atoms with Crippen LogP contribution in [0, 0.1) is 13.8 Å². The van der Waals surface area contributed by atoms with E-state index < -0.39 is 0 Å². The van der Waals surface area contributed by atoms with Crippen LogP contribution in [0.1, 0.15) is 16.7 Å². The van der Waals surface area contributed by atoms with Crippen molar-refractivity contribution in [3.05, 3.63) is 80.7 Å². The zero-order valence-corrected chi connectivity index (χ0v) is 18.5. The van der Waals surface area contributed by atoms with Crippen LogP contribution in [0.25, 0.3) is 16.7 Å². The number of hydrogen-bond acceptors (Lipinski definition) is 5. The minimum Gasteiger partial charge on any atom is -0.351 e. The first kappa shape index (κ1) is 21.1. The number of halogens is 1. The van der Waals surface area contributed by atoms with E-state index in [9.17, 15) is 9.59 Å². The zero-order valence-electron chi connectivity index (χ0n) is 17.0. The maximum atomic E-state index is 12.5. The van der Waals surface area contributed by atoms with Gasteiger partial charge in [0.05, 0.1) is 17.6 Å². The number of carbonyl (C=O) groups excluding carboxylic acids is 1. The number of nitrogens with zero attached hydrogens (tertiary/aromatic N) is 3. The molecule has 2 aromatic carbocycles. The summed E-state index contributed by atoms with van der Waals surface area (Å²) in [5.74, 6) is -0.0769. The summed E-state index contributed by atoms with van der Waals surface area (Å²) >= 11 is 7.27. The lowest BCUT2D eigenvalue weighted by Crippen LogP contribution is -2.25. The third-order valence-electron chi connectivity index (χ3n) is 4.99. The normalized spacial score (nSPS) is 11.1. The highest BCUT2D eigenvalue weighted by Crippen LogP contribution is 2.22. The van der Waals surface area contributed by atoms with Crippen molar-refractivity contribution in [2.75, 3.05) is 5.75 Å². The largest absolute Gasteiger partial charge is 0.351 e. The maximum Gasteiger partial charge on any atom is 0.262 e. The Kier molecular flexibility index (Phi) is 6.11. The summed E-state index contributed by atoms with van der Waals surface area (Å²) in [6.45, 7) is 4.36. The van der Waals surface area contributed by atoms with E-state index in [1.54, 1.807) is 10.7 Å². The van der Waals surface area contributed by atoms with E-state index in [1.807, 2.05) is 50.2 Å². The summed E-state index contributed by atoms with van der Waals surface area (Å²) in [6, 6.07) is 13.2. The highest BCUT2D eigenvalue weighted by Gasteiger charge is 2.14. The van der Waals surface area contributed by atoms with E-state index in [-0.39, 0.29) is 17.2 Å². The number of H-pyrrole nitrogens is 1. The number of hydrogen-bond donors (Lipinski definition) is 2. The summed E-state index contributed by atoms with van der Waals surface area (Å²) in [5.41, 5.74) is 4.05.